The minimum absolute atomic E-state index is 0.0497. The van der Waals surface area contributed by atoms with Gasteiger partial charge in [-0.3, -0.25) is 10.1 Å². The predicted octanol–water partition coefficient (Wildman–Crippen LogP) is 0.978. The number of ether oxygens (including phenoxy) is 1. The molecule has 1 aromatic heterocycles. The summed E-state index contributed by atoms with van der Waals surface area (Å²) in [5, 5.41) is 5.95. The number of nitrogens with zero attached hydrogens (tertiary/aromatic N) is 2. The van der Waals surface area contributed by atoms with Crippen LogP contribution < -0.4 is 15.8 Å². The maximum Gasteiger partial charge on any atom is 0.328 e. The molecule has 0 fully saturated rings. The summed E-state index contributed by atoms with van der Waals surface area (Å²) in [7, 11) is 0. The fourth-order valence-corrected chi connectivity index (χ4v) is 1.26. The van der Waals surface area contributed by atoms with Crippen molar-refractivity contribution in [2.24, 2.45) is 0 Å². The molecule has 1 amide bonds. The molecule has 7 nitrogen and oxygen atoms in total. The highest BCUT2D eigenvalue weighted by molar-refractivity contribution is 5.89. The van der Waals surface area contributed by atoms with E-state index in [1.165, 1.54) is 0 Å². The SMILES string of the molecule is Cc1noc(NC(=O)COc2cccc(N)c2)n1. The molecule has 0 atom stereocenters. The zero-order valence-corrected chi connectivity index (χ0v) is 9.71. The van der Waals surface area contributed by atoms with Crippen LogP contribution in [0.1, 0.15) is 5.82 Å². The number of carbonyl (C=O) groups excluding carboxylic acids is 1. The van der Waals surface area contributed by atoms with Crippen LogP contribution in [-0.2, 0) is 4.79 Å². The lowest BCUT2D eigenvalue weighted by Gasteiger charge is -2.05. The van der Waals surface area contributed by atoms with Gasteiger partial charge in [0.2, 0.25) is 0 Å². The molecule has 3 N–H and O–H groups in total. The van der Waals surface area contributed by atoms with Gasteiger partial charge in [-0.15, -0.1) is 0 Å². The second-order valence-electron chi connectivity index (χ2n) is 3.56. The van der Waals surface area contributed by atoms with Crippen LogP contribution in [0.5, 0.6) is 5.75 Å². The van der Waals surface area contributed by atoms with Crippen molar-refractivity contribution < 1.29 is 14.1 Å². The van der Waals surface area contributed by atoms with Gasteiger partial charge in [-0.1, -0.05) is 11.2 Å². The summed E-state index contributed by atoms with van der Waals surface area (Å²) in [6, 6.07) is 6.86. The maximum absolute atomic E-state index is 11.5. The molecular formula is C11H12N4O3. The van der Waals surface area contributed by atoms with Crippen molar-refractivity contribution in [3.8, 4) is 5.75 Å². The normalized spacial score (nSPS) is 10.1. The fraction of sp³-hybridized carbons (Fsp3) is 0.182. The van der Waals surface area contributed by atoms with E-state index in [9.17, 15) is 4.79 Å². The first-order valence-electron chi connectivity index (χ1n) is 5.22. The van der Waals surface area contributed by atoms with Crippen LogP contribution in [0, 0.1) is 6.92 Å². The van der Waals surface area contributed by atoms with Crippen molar-refractivity contribution in [1.82, 2.24) is 10.1 Å². The fourth-order valence-electron chi connectivity index (χ4n) is 1.26. The number of carbonyl (C=O) groups is 1. The Labute approximate surface area is 103 Å². The number of rotatable bonds is 4. The van der Waals surface area contributed by atoms with E-state index in [0.29, 0.717) is 17.3 Å². The number of hydrogen-bond donors (Lipinski definition) is 2. The van der Waals surface area contributed by atoms with Gasteiger partial charge in [0, 0.05) is 11.8 Å². The Morgan fingerprint density at radius 1 is 1.56 bits per heavy atom. The first-order chi connectivity index (χ1) is 8.63. The number of anilines is 2. The Morgan fingerprint density at radius 3 is 3.06 bits per heavy atom. The average Bonchev–Trinajstić information content (AvgIpc) is 2.72. The number of nitrogens with one attached hydrogen (secondary N) is 1. The third-order valence-electron chi connectivity index (χ3n) is 2.00. The standard InChI is InChI=1S/C11H12N4O3/c1-7-13-11(18-15-7)14-10(16)6-17-9-4-2-3-8(12)5-9/h2-5H,6,12H2,1H3,(H,13,14,15,16). The number of benzene rings is 1. The second kappa shape index (κ2) is 5.17. The summed E-state index contributed by atoms with van der Waals surface area (Å²) < 4.78 is 9.98. The minimum atomic E-state index is -0.388. The van der Waals surface area contributed by atoms with Crippen LogP contribution in [0.3, 0.4) is 0 Å². The van der Waals surface area contributed by atoms with Crippen LogP contribution in [-0.4, -0.2) is 22.7 Å². The topological polar surface area (TPSA) is 103 Å². The maximum atomic E-state index is 11.5. The van der Waals surface area contributed by atoms with Crippen molar-refractivity contribution >= 4 is 17.6 Å². The van der Waals surface area contributed by atoms with Gasteiger partial charge in [0.1, 0.15) is 5.75 Å². The number of nitrogen functional groups attached to an aromatic ring is 1. The lowest BCUT2D eigenvalue weighted by Crippen LogP contribution is -2.20. The summed E-state index contributed by atoms with van der Waals surface area (Å²) in [6.07, 6.45) is 0. The molecule has 0 bridgehead atoms. The predicted molar refractivity (Wildman–Crippen MR) is 64.0 cm³/mol. The molecule has 7 heteroatoms. The van der Waals surface area contributed by atoms with Crippen molar-refractivity contribution in [2.45, 2.75) is 6.92 Å². The van der Waals surface area contributed by atoms with Crippen LogP contribution in [0.2, 0.25) is 0 Å². The Morgan fingerprint density at radius 2 is 2.39 bits per heavy atom. The third-order valence-corrected chi connectivity index (χ3v) is 2.00. The molecule has 94 valence electrons. The monoisotopic (exact) mass is 248 g/mol. The Kier molecular flexibility index (Phi) is 3.42. The molecule has 0 aliphatic carbocycles. The van der Waals surface area contributed by atoms with Crippen LogP contribution in [0.15, 0.2) is 28.8 Å². The third kappa shape index (κ3) is 3.21. The molecule has 0 aliphatic heterocycles. The highest BCUT2D eigenvalue weighted by atomic mass is 16.5. The van der Waals surface area contributed by atoms with E-state index in [1.54, 1.807) is 31.2 Å². The van der Waals surface area contributed by atoms with E-state index in [0.717, 1.165) is 0 Å². The molecule has 0 saturated carbocycles. The van der Waals surface area contributed by atoms with Gasteiger partial charge in [-0.05, 0) is 19.1 Å². The van der Waals surface area contributed by atoms with Crippen molar-refractivity contribution in [2.75, 3.05) is 17.7 Å². The first-order valence-corrected chi connectivity index (χ1v) is 5.22. The van der Waals surface area contributed by atoms with Gasteiger partial charge in [0.15, 0.2) is 12.4 Å². The van der Waals surface area contributed by atoms with Gasteiger partial charge in [-0.25, -0.2) is 0 Å². The minimum Gasteiger partial charge on any atom is -0.484 e. The zero-order chi connectivity index (χ0) is 13.0. The van der Waals surface area contributed by atoms with E-state index in [4.69, 9.17) is 15.0 Å². The number of amides is 1. The molecule has 18 heavy (non-hydrogen) atoms. The molecule has 0 unspecified atom stereocenters. The van der Waals surface area contributed by atoms with E-state index in [2.05, 4.69) is 15.5 Å². The molecule has 2 aromatic rings. The van der Waals surface area contributed by atoms with E-state index in [1.807, 2.05) is 0 Å². The van der Waals surface area contributed by atoms with Gasteiger partial charge in [0.25, 0.3) is 5.91 Å². The summed E-state index contributed by atoms with van der Waals surface area (Å²) in [4.78, 5) is 15.3. The molecule has 1 heterocycles. The lowest BCUT2D eigenvalue weighted by atomic mass is 10.3. The summed E-state index contributed by atoms with van der Waals surface area (Å²) in [6.45, 7) is 1.49. The summed E-state index contributed by atoms with van der Waals surface area (Å²) in [5.41, 5.74) is 6.15. The molecule has 1 aromatic carbocycles. The molecule has 2 rings (SSSR count). The summed E-state index contributed by atoms with van der Waals surface area (Å²) >= 11 is 0. The van der Waals surface area contributed by atoms with Crippen molar-refractivity contribution in [3.05, 3.63) is 30.1 Å². The van der Waals surface area contributed by atoms with Crippen LogP contribution in [0.4, 0.5) is 11.7 Å². The van der Waals surface area contributed by atoms with Gasteiger partial charge in [0.05, 0.1) is 0 Å². The number of aryl methyl sites for hydroxylation is 1. The Balaban J connectivity index is 1.85. The number of nitrogens with two attached hydrogens (primary N) is 1. The molecular weight excluding hydrogens is 236 g/mol. The van der Waals surface area contributed by atoms with E-state index in [-0.39, 0.29) is 18.5 Å². The van der Waals surface area contributed by atoms with Crippen LogP contribution >= 0.6 is 0 Å². The first kappa shape index (κ1) is 11.9. The van der Waals surface area contributed by atoms with E-state index >= 15 is 0 Å². The van der Waals surface area contributed by atoms with E-state index < -0.39 is 0 Å². The van der Waals surface area contributed by atoms with Gasteiger partial charge >= 0.3 is 6.01 Å². The second-order valence-corrected chi connectivity index (χ2v) is 3.56. The Bertz CT molecular complexity index is 553. The average molecular weight is 248 g/mol. The zero-order valence-electron chi connectivity index (χ0n) is 9.71. The summed E-state index contributed by atoms with van der Waals surface area (Å²) in [5.74, 6) is 0.579. The molecule has 0 radical (unpaired) electrons. The molecule has 0 spiro atoms. The smallest absolute Gasteiger partial charge is 0.328 e. The number of aromatic nitrogens is 2. The van der Waals surface area contributed by atoms with Gasteiger partial charge < -0.3 is 15.0 Å². The molecule has 0 aliphatic rings. The Hall–Kier alpha value is -2.57. The van der Waals surface area contributed by atoms with Gasteiger partial charge in [-0.2, -0.15) is 4.98 Å². The van der Waals surface area contributed by atoms with Crippen LogP contribution in [0.25, 0.3) is 0 Å². The highest BCUT2D eigenvalue weighted by Crippen LogP contribution is 2.14. The largest absolute Gasteiger partial charge is 0.484 e. The molecule has 0 saturated heterocycles. The van der Waals surface area contributed by atoms with Crippen molar-refractivity contribution in [3.63, 3.8) is 0 Å². The highest BCUT2D eigenvalue weighted by Gasteiger charge is 2.08. The lowest BCUT2D eigenvalue weighted by molar-refractivity contribution is -0.118. The van der Waals surface area contributed by atoms with Crippen molar-refractivity contribution in [1.29, 1.82) is 0 Å². The number of hydrogen-bond acceptors (Lipinski definition) is 6. The quantitative estimate of drug-likeness (QED) is 0.781.